The van der Waals surface area contributed by atoms with E-state index in [0.29, 0.717) is 37.6 Å². The maximum atomic E-state index is 13.0. The number of carbonyl (C=O) groups is 2. The van der Waals surface area contributed by atoms with Crippen molar-refractivity contribution in [3.63, 3.8) is 0 Å². The molecule has 4 rings (SSSR count). The van der Waals surface area contributed by atoms with Gasteiger partial charge in [-0.05, 0) is 50.9 Å². The van der Waals surface area contributed by atoms with Crippen LogP contribution in [0.15, 0.2) is 0 Å². The standard InChI is InChI=1S/C23H34N4O2/c1-15(2)14-27-20(28)11-10-18-16(3)24-22(25-23(18)27)19-9-6-12-26(19)21(29)13-17-7-4-5-8-17/h15,17,19H,4-14H2,1-3H3/t19-/m0/s1. The molecule has 6 nitrogen and oxygen atoms in total. The molecule has 3 heterocycles. The molecule has 1 saturated carbocycles. The zero-order chi connectivity index (χ0) is 20.5. The number of hydrogen-bond acceptors (Lipinski definition) is 4. The van der Waals surface area contributed by atoms with Gasteiger partial charge in [0.1, 0.15) is 5.82 Å². The molecular formula is C23H34N4O2. The van der Waals surface area contributed by atoms with Crippen molar-refractivity contribution in [1.29, 1.82) is 0 Å². The normalized spacial score (nSPS) is 22.6. The monoisotopic (exact) mass is 398 g/mol. The van der Waals surface area contributed by atoms with Gasteiger partial charge in [-0.15, -0.1) is 0 Å². The predicted molar refractivity (Wildman–Crippen MR) is 113 cm³/mol. The third-order valence-electron chi connectivity index (χ3n) is 6.71. The van der Waals surface area contributed by atoms with E-state index in [9.17, 15) is 9.59 Å². The molecule has 2 amide bonds. The molecule has 3 aliphatic rings. The number of rotatable bonds is 5. The number of aromatic nitrogens is 2. The summed E-state index contributed by atoms with van der Waals surface area (Å²) in [6, 6.07) is -0.0502. The molecule has 0 aromatic carbocycles. The molecule has 6 heteroatoms. The van der Waals surface area contributed by atoms with E-state index in [1.807, 2.05) is 16.7 Å². The van der Waals surface area contributed by atoms with Crippen LogP contribution in [0.4, 0.5) is 5.82 Å². The fourth-order valence-corrected chi connectivity index (χ4v) is 5.22. The summed E-state index contributed by atoms with van der Waals surface area (Å²) in [5.41, 5.74) is 2.05. The molecule has 0 spiro atoms. The number of aryl methyl sites for hydroxylation is 1. The lowest BCUT2D eigenvalue weighted by Gasteiger charge is -2.32. The van der Waals surface area contributed by atoms with Crippen LogP contribution in [0.2, 0.25) is 0 Å². The van der Waals surface area contributed by atoms with Crippen molar-refractivity contribution in [2.45, 2.75) is 84.6 Å². The second-order valence-corrected chi connectivity index (χ2v) is 9.47. The molecule has 0 bridgehead atoms. The summed E-state index contributed by atoms with van der Waals surface area (Å²) < 4.78 is 0. The quantitative estimate of drug-likeness (QED) is 0.753. The van der Waals surface area contributed by atoms with Crippen molar-refractivity contribution in [2.24, 2.45) is 11.8 Å². The molecule has 1 saturated heterocycles. The summed E-state index contributed by atoms with van der Waals surface area (Å²) in [6.07, 6.45) is 8.70. The van der Waals surface area contributed by atoms with Gasteiger partial charge in [-0.25, -0.2) is 9.97 Å². The van der Waals surface area contributed by atoms with Gasteiger partial charge >= 0.3 is 0 Å². The fourth-order valence-electron chi connectivity index (χ4n) is 5.22. The minimum absolute atomic E-state index is 0.0502. The first-order valence-corrected chi connectivity index (χ1v) is 11.4. The van der Waals surface area contributed by atoms with Gasteiger partial charge in [-0.3, -0.25) is 14.5 Å². The summed E-state index contributed by atoms with van der Waals surface area (Å²) in [5, 5.41) is 0. The molecule has 1 aliphatic carbocycles. The lowest BCUT2D eigenvalue weighted by molar-refractivity contribution is -0.133. The Bertz CT molecular complexity index is 785. The SMILES string of the molecule is Cc1nc([C@@H]2CCCN2C(=O)CC2CCCC2)nc2c1CCC(=O)N2CC(C)C. The van der Waals surface area contributed by atoms with E-state index in [0.717, 1.165) is 42.3 Å². The number of amides is 2. The van der Waals surface area contributed by atoms with Crippen molar-refractivity contribution in [3.8, 4) is 0 Å². The molecule has 29 heavy (non-hydrogen) atoms. The fraction of sp³-hybridized carbons (Fsp3) is 0.739. The van der Waals surface area contributed by atoms with E-state index >= 15 is 0 Å². The predicted octanol–water partition coefficient (Wildman–Crippen LogP) is 3.96. The number of nitrogens with zero attached hydrogens (tertiary/aromatic N) is 4. The first-order chi connectivity index (χ1) is 13.9. The Morgan fingerprint density at radius 2 is 1.86 bits per heavy atom. The lowest BCUT2D eigenvalue weighted by Crippen LogP contribution is -2.40. The maximum Gasteiger partial charge on any atom is 0.228 e. The van der Waals surface area contributed by atoms with E-state index in [1.54, 1.807) is 0 Å². The Morgan fingerprint density at radius 3 is 2.59 bits per heavy atom. The van der Waals surface area contributed by atoms with Crippen molar-refractivity contribution in [3.05, 3.63) is 17.1 Å². The summed E-state index contributed by atoms with van der Waals surface area (Å²) in [7, 11) is 0. The number of anilines is 1. The van der Waals surface area contributed by atoms with Crippen LogP contribution in [0.25, 0.3) is 0 Å². The Kier molecular flexibility index (Phi) is 5.88. The Morgan fingerprint density at radius 1 is 1.10 bits per heavy atom. The molecule has 1 aromatic rings. The highest BCUT2D eigenvalue weighted by atomic mass is 16.2. The number of hydrogen-bond donors (Lipinski definition) is 0. The number of fused-ring (bicyclic) bond motifs is 1. The largest absolute Gasteiger partial charge is 0.332 e. The van der Waals surface area contributed by atoms with Crippen LogP contribution in [0, 0.1) is 18.8 Å². The van der Waals surface area contributed by atoms with Crippen LogP contribution in [0.1, 0.15) is 88.3 Å². The highest BCUT2D eigenvalue weighted by Crippen LogP contribution is 2.36. The zero-order valence-electron chi connectivity index (χ0n) is 18.1. The molecule has 158 valence electrons. The summed E-state index contributed by atoms with van der Waals surface area (Å²) >= 11 is 0. The Labute approximate surface area is 174 Å². The van der Waals surface area contributed by atoms with Gasteiger partial charge in [0.25, 0.3) is 0 Å². The second kappa shape index (κ2) is 8.41. The van der Waals surface area contributed by atoms with Gasteiger partial charge in [0, 0.05) is 37.2 Å². The van der Waals surface area contributed by atoms with Crippen LogP contribution in [-0.2, 0) is 16.0 Å². The average Bonchev–Trinajstić information content (AvgIpc) is 3.35. The van der Waals surface area contributed by atoms with E-state index in [-0.39, 0.29) is 17.9 Å². The van der Waals surface area contributed by atoms with E-state index in [4.69, 9.17) is 9.97 Å². The number of likely N-dealkylation sites (tertiary alicyclic amines) is 1. The Balaban J connectivity index is 1.60. The molecular weight excluding hydrogens is 364 g/mol. The zero-order valence-corrected chi connectivity index (χ0v) is 18.1. The van der Waals surface area contributed by atoms with Crippen molar-refractivity contribution in [2.75, 3.05) is 18.0 Å². The minimum Gasteiger partial charge on any atom is -0.332 e. The van der Waals surface area contributed by atoms with Crippen LogP contribution < -0.4 is 4.90 Å². The van der Waals surface area contributed by atoms with Gasteiger partial charge in [0.15, 0.2) is 5.82 Å². The molecule has 2 fully saturated rings. The van der Waals surface area contributed by atoms with Crippen molar-refractivity contribution in [1.82, 2.24) is 14.9 Å². The van der Waals surface area contributed by atoms with Crippen LogP contribution in [0.5, 0.6) is 0 Å². The van der Waals surface area contributed by atoms with E-state index < -0.39 is 0 Å². The summed E-state index contributed by atoms with van der Waals surface area (Å²) in [5.74, 6) is 2.84. The third-order valence-corrected chi connectivity index (χ3v) is 6.71. The molecule has 0 unspecified atom stereocenters. The highest BCUT2D eigenvalue weighted by molar-refractivity contribution is 5.95. The smallest absolute Gasteiger partial charge is 0.228 e. The lowest BCUT2D eigenvalue weighted by atomic mass is 10.0. The van der Waals surface area contributed by atoms with Gasteiger partial charge in [0.2, 0.25) is 11.8 Å². The van der Waals surface area contributed by atoms with Crippen LogP contribution >= 0.6 is 0 Å². The van der Waals surface area contributed by atoms with Gasteiger partial charge in [0.05, 0.1) is 6.04 Å². The maximum absolute atomic E-state index is 13.0. The highest BCUT2D eigenvalue weighted by Gasteiger charge is 2.36. The summed E-state index contributed by atoms with van der Waals surface area (Å²) in [4.78, 5) is 39.2. The molecule has 0 N–H and O–H groups in total. The van der Waals surface area contributed by atoms with E-state index in [1.165, 1.54) is 25.7 Å². The first-order valence-electron chi connectivity index (χ1n) is 11.4. The van der Waals surface area contributed by atoms with Crippen LogP contribution in [0.3, 0.4) is 0 Å². The van der Waals surface area contributed by atoms with E-state index in [2.05, 4.69) is 13.8 Å². The number of carbonyl (C=O) groups excluding carboxylic acids is 2. The van der Waals surface area contributed by atoms with Crippen molar-refractivity contribution >= 4 is 17.6 Å². The topological polar surface area (TPSA) is 66.4 Å². The van der Waals surface area contributed by atoms with Crippen LogP contribution in [-0.4, -0.2) is 39.8 Å². The third kappa shape index (κ3) is 4.17. The molecule has 0 radical (unpaired) electrons. The molecule has 1 aromatic heterocycles. The first kappa shape index (κ1) is 20.3. The van der Waals surface area contributed by atoms with Gasteiger partial charge < -0.3 is 4.90 Å². The minimum atomic E-state index is -0.0502. The average molecular weight is 399 g/mol. The molecule has 1 atom stereocenters. The van der Waals surface area contributed by atoms with Crippen molar-refractivity contribution < 1.29 is 9.59 Å². The van der Waals surface area contributed by atoms with Gasteiger partial charge in [-0.1, -0.05) is 26.7 Å². The Hall–Kier alpha value is -1.98. The van der Waals surface area contributed by atoms with Gasteiger partial charge in [-0.2, -0.15) is 0 Å². The summed E-state index contributed by atoms with van der Waals surface area (Å²) in [6.45, 7) is 7.74. The second-order valence-electron chi connectivity index (χ2n) is 9.47. The molecule has 2 aliphatic heterocycles.